The molecule has 0 saturated carbocycles. The zero-order valence-corrected chi connectivity index (χ0v) is 9.25. The number of unbranched alkanes of at least 4 members (excludes halogenated alkanes) is 2. The number of rotatable bonds is 6. The van der Waals surface area contributed by atoms with Crippen LogP contribution in [0.3, 0.4) is 0 Å². The molecule has 0 aliphatic heterocycles. The Labute approximate surface area is 90.5 Å². The molecule has 0 amide bonds. The Balaban J connectivity index is 2.02. The highest BCUT2D eigenvalue weighted by Crippen LogP contribution is 2.19. The first-order valence-corrected chi connectivity index (χ1v) is 5.53. The third kappa shape index (κ3) is 4.28. The summed E-state index contributed by atoms with van der Waals surface area (Å²) in [5.74, 6) is 0.161. The van der Waals surface area contributed by atoms with Crippen molar-refractivity contribution in [1.82, 2.24) is 0 Å². The maximum Gasteiger partial charge on any atom is 0.305 e. The molecule has 1 rings (SSSR count). The summed E-state index contributed by atoms with van der Waals surface area (Å²) in [6, 6.07) is 0. The predicted molar refractivity (Wildman–Crippen MR) is 57.4 cm³/mol. The van der Waals surface area contributed by atoms with Gasteiger partial charge in [0, 0.05) is 12.8 Å². The Morgan fingerprint density at radius 2 is 2.20 bits per heavy atom. The molecule has 1 aliphatic carbocycles. The Bertz CT molecular complexity index is 266. The van der Waals surface area contributed by atoms with Crippen LogP contribution in [0.1, 0.15) is 44.9 Å². The van der Waals surface area contributed by atoms with Crippen LogP contribution in [0.15, 0.2) is 11.6 Å². The van der Waals surface area contributed by atoms with E-state index < -0.39 is 0 Å². The van der Waals surface area contributed by atoms with E-state index in [0.29, 0.717) is 18.6 Å². The van der Waals surface area contributed by atoms with Crippen molar-refractivity contribution in [2.45, 2.75) is 44.9 Å². The fourth-order valence-corrected chi connectivity index (χ4v) is 1.76. The molecular formula is C12H18O3. The van der Waals surface area contributed by atoms with Gasteiger partial charge in [-0.2, -0.15) is 0 Å². The van der Waals surface area contributed by atoms with Crippen molar-refractivity contribution in [3.05, 3.63) is 11.6 Å². The summed E-state index contributed by atoms with van der Waals surface area (Å²) in [7, 11) is 1.41. The molecule has 0 heterocycles. The molecule has 0 aromatic rings. The van der Waals surface area contributed by atoms with Gasteiger partial charge in [0.25, 0.3) is 0 Å². The number of methoxy groups -OCH3 is 1. The topological polar surface area (TPSA) is 43.4 Å². The minimum atomic E-state index is -0.147. The summed E-state index contributed by atoms with van der Waals surface area (Å²) in [4.78, 5) is 22.0. The van der Waals surface area contributed by atoms with Crippen LogP contribution >= 0.6 is 0 Å². The average molecular weight is 210 g/mol. The fourth-order valence-electron chi connectivity index (χ4n) is 1.76. The zero-order chi connectivity index (χ0) is 11.1. The minimum absolute atomic E-state index is 0.147. The number of hydrogen-bond acceptors (Lipinski definition) is 3. The molecule has 0 spiro atoms. The van der Waals surface area contributed by atoms with E-state index in [1.807, 2.05) is 6.08 Å². The maximum absolute atomic E-state index is 11.3. The summed E-state index contributed by atoms with van der Waals surface area (Å²) >= 11 is 0. The Hall–Kier alpha value is -1.12. The molecule has 3 nitrogen and oxygen atoms in total. The molecule has 0 N–H and O–H groups in total. The monoisotopic (exact) mass is 210 g/mol. The summed E-state index contributed by atoms with van der Waals surface area (Å²) in [5, 5.41) is 0. The Morgan fingerprint density at radius 1 is 1.40 bits per heavy atom. The second kappa shape index (κ2) is 6.38. The lowest BCUT2D eigenvalue weighted by atomic mass is 10.1. The number of ketones is 1. The largest absolute Gasteiger partial charge is 0.469 e. The average Bonchev–Trinajstić information content (AvgIpc) is 2.63. The summed E-state index contributed by atoms with van der Waals surface area (Å²) in [5.41, 5.74) is 0.994. The first-order chi connectivity index (χ1) is 7.24. The SMILES string of the molecule is COC(=O)CCCCCC1=CCCC1=O. The van der Waals surface area contributed by atoms with Gasteiger partial charge in [-0.25, -0.2) is 0 Å². The van der Waals surface area contributed by atoms with Gasteiger partial charge in [-0.1, -0.05) is 12.5 Å². The highest BCUT2D eigenvalue weighted by atomic mass is 16.5. The molecule has 3 heteroatoms. The minimum Gasteiger partial charge on any atom is -0.469 e. The lowest BCUT2D eigenvalue weighted by molar-refractivity contribution is -0.140. The van der Waals surface area contributed by atoms with Crippen LogP contribution < -0.4 is 0 Å². The summed E-state index contributed by atoms with van der Waals surface area (Å²) in [6.07, 6.45) is 7.85. The van der Waals surface area contributed by atoms with E-state index in [4.69, 9.17) is 0 Å². The molecule has 0 atom stereocenters. The highest BCUT2D eigenvalue weighted by Gasteiger charge is 2.13. The van der Waals surface area contributed by atoms with E-state index in [-0.39, 0.29) is 5.97 Å². The van der Waals surface area contributed by atoms with E-state index in [0.717, 1.165) is 37.7 Å². The van der Waals surface area contributed by atoms with Gasteiger partial charge in [-0.05, 0) is 31.3 Å². The van der Waals surface area contributed by atoms with E-state index in [2.05, 4.69) is 4.74 Å². The standard InChI is InChI=1S/C12H18O3/c1-15-12(14)9-4-2-3-6-10-7-5-8-11(10)13/h7H,2-6,8-9H2,1H3. The summed E-state index contributed by atoms with van der Waals surface area (Å²) in [6.45, 7) is 0. The summed E-state index contributed by atoms with van der Waals surface area (Å²) < 4.78 is 4.54. The Kier molecular flexibility index (Phi) is 5.08. The van der Waals surface area contributed by atoms with Crippen molar-refractivity contribution >= 4 is 11.8 Å². The van der Waals surface area contributed by atoms with Gasteiger partial charge < -0.3 is 4.74 Å². The quantitative estimate of drug-likeness (QED) is 0.499. The second-order valence-corrected chi connectivity index (χ2v) is 3.83. The number of hydrogen-bond donors (Lipinski definition) is 0. The van der Waals surface area contributed by atoms with E-state index >= 15 is 0 Å². The molecule has 0 aromatic carbocycles. The number of esters is 1. The first kappa shape index (κ1) is 12.0. The van der Waals surface area contributed by atoms with Crippen LogP contribution in [0.4, 0.5) is 0 Å². The molecule has 84 valence electrons. The molecule has 0 bridgehead atoms. The molecule has 1 aliphatic rings. The first-order valence-electron chi connectivity index (χ1n) is 5.53. The van der Waals surface area contributed by atoms with Crippen LogP contribution in [0.5, 0.6) is 0 Å². The van der Waals surface area contributed by atoms with Gasteiger partial charge in [0.2, 0.25) is 0 Å². The maximum atomic E-state index is 11.3. The molecule has 15 heavy (non-hydrogen) atoms. The zero-order valence-electron chi connectivity index (χ0n) is 9.25. The van der Waals surface area contributed by atoms with Crippen molar-refractivity contribution < 1.29 is 14.3 Å². The molecule has 0 radical (unpaired) electrons. The van der Waals surface area contributed by atoms with Crippen molar-refractivity contribution in [3.8, 4) is 0 Å². The molecule has 0 unspecified atom stereocenters. The van der Waals surface area contributed by atoms with Crippen molar-refractivity contribution in [2.75, 3.05) is 7.11 Å². The Morgan fingerprint density at radius 3 is 2.80 bits per heavy atom. The van der Waals surface area contributed by atoms with Gasteiger partial charge >= 0.3 is 5.97 Å². The van der Waals surface area contributed by atoms with Crippen LogP contribution in [0.2, 0.25) is 0 Å². The van der Waals surface area contributed by atoms with Crippen molar-refractivity contribution in [2.24, 2.45) is 0 Å². The van der Waals surface area contributed by atoms with Crippen molar-refractivity contribution in [3.63, 3.8) is 0 Å². The van der Waals surface area contributed by atoms with Gasteiger partial charge in [0.05, 0.1) is 7.11 Å². The van der Waals surface area contributed by atoms with Gasteiger partial charge in [0.1, 0.15) is 0 Å². The van der Waals surface area contributed by atoms with Gasteiger partial charge in [-0.15, -0.1) is 0 Å². The van der Waals surface area contributed by atoms with Crippen LogP contribution in [0.25, 0.3) is 0 Å². The third-order valence-corrected chi connectivity index (χ3v) is 2.67. The van der Waals surface area contributed by atoms with Gasteiger partial charge in [0.15, 0.2) is 5.78 Å². The highest BCUT2D eigenvalue weighted by molar-refractivity contribution is 5.97. The number of carbonyl (C=O) groups is 2. The fraction of sp³-hybridized carbons (Fsp3) is 0.667. The number of ether oxygens (including phenoxy) is 1. The van der Waals surface area contributed by atoms with E-state index in [1.54, 1.807) is 0 Å². The number of allylic oxidation sites excluding steroid dienone is 2. The third-order valence-electron chi connectivity index (χ3n) is 2.67. The lowest BCUT2D eigenvalue weighted by Crippen LogP contribution is -1.99. The van der Waals surface area contributed by atoms with Crippen molar-refractivity contribution in [1.29, 1.82) is 0 Å². The van der Waals surface area contributed by atoms with Crippen LogP contribution in [-0.2, 0) is 14.3 Å². The predicted octanol–water partition coefficient (Wildman–Crippen LogP) is 2.40. The molecule has 0 aromatic heterocycles. The van der Waals surface area contributed by atoms with E-state index in [9.17, 15) is 9.59 Å². The molecule has 0 fully saturated rings. The second-order valence-electron chi connectivity index (χ2n) is 3.83. The van der Waals surface area contributed by atoms with Crippen LogP contribution in [-0.4, -0.2) is 18.9 Å². The molecular weight excluding hydrogens is 192 g/mol. The number of Topliss-reactive ketones (excluding diaryl/α,β-unsaturated/α-hetero) is 1. The van der Waals surface area contributed by atoms with E-state index in [1.165, 1.54) is 7.11 Å². The normalized spacial score (nSPS) is 15.3. The lowest BCUT2D eigenvalue weighted by Gasteiger charge is -2.01. The smallest absolute Gasteiger partial charge is 0.305 e. The van der Waals surface area contributed by atoms with Crippen LogP contribution in [0, 0.1) is 0 Å². The number of carbonyl (C=O) groups excluding carboxylic acids is 2. The van der Waals surface area contributed by atoms with Gasteiger partial charge in [-0.3, -0.25) is 9.59 Å². The molecule has 0 saturated heterocycles.